The lowest BCUT2D eigenvalue weighted by Crippen LogP contribution is -2.30. The quantitative estimate of drug-likeness (QED) is 0.942. The van der Waals surface area contributed by atoms with Crippen molar-refractivity contribution in [1.29, 1.82) is 0 Å². The maximum atomic E-state index is 13.0. The molecule has 0 bridgehead atoms. The van der Waals surface area contributed by atoms with E-state index in [1.54, 1.807) is 0 Å². The summed E-state index contributed by atoms with van der Waals surface area (Å²) in [6.07, 6.45) is 1.07. The molecule has 1 saturated heterocycles. The van der Waals surface area contributed by atoms with E-state index in [1.165, 1.54) is 12.1 Å². The van der Waals surface area contributed by atoms with Crippen molar-refractivity contribution in [2.45, 2.75) is 19.9 Å². The highest BCUT2D eigenvalue weighted by Crippen LogP contribution is 2.21. The highest BCUT2D eigenvalue weighted by Gasteiger charge is 2.18. The maximum Gasteiger partial charge on any atom is 0.123 e. The van der Waals surface area contributed by atoms with Gasteiger partial charge in [0.1, 0.15) is 5.82 Å². The Kier molecular flexibility index (Phi) is 4.64. The monoisotopic (exact) mass is 322 g/mol. The van der Waals surface area contributed by atoms with Crippen LogP contribution in [0.3, 0.4) is 0 Å². The number of H-pyrrole nitrogens is 1. The average molecular weight is 323 g/mol. The Labute approximate surface area is 134 Å². The van der Waals surface area contributed by atoms with Crippen molar-refractivity contribution < 1.29 is 4.39 Å². The van der Waals surface area contributed by atoms with Crippen molar-refractivity contribution >= 4 is 17.3 Å². The molecule has 2 heterocycles. The van der Waals surface area contributed by atoms with Crippen molar-refractivity contribution in [3.8, 4) is 0 Å². The number of aromatic amines is 1. The molecule has 118 valence electrons. The third-order valence-electron chi connectivity index (χ3n) is 4.09. The van der Waals surface area contributed by atoms with Crippen LogP contribution >= 0.6 is 11.6 Å². The van der Waals surface area contributed by atoms with Gasteiger partial charge < -0.3 is 4.90 Å². The number of nitrogens with one attached hydrogen (secondary N) is 1. The molecule has 0 aliphatic carbocycles. The predicted molar refractivity (Wildman–Crippen MR) is 86.8 cm³/mol. The first-order valence-electron chi connectivity index (χ1n) is 7.55. The molecule has 1 fully saturated rings. The third kappa shape index (κ3) is 3.42. The van der Waals surface area contributed by atoms with Gasteiger partial charge in [-0.3, -0.25) is 10.00 Å². The fourth-order valence-corrected chi connectivity index (χ4v) is 2.97. The summed E-state index contributed by atoms with van der Waals surface area (Å²) in [7, 11) is 0. The molecule has 0 radical (unpaired) electrons. The largest absolute Gasteiger partial charge is 0.370 e. The summed E-state index contributed by atoms with van der Waals surface area (Å²) < 4.78 is 13.0. The van der Waals surface area contributed by atoms with Crippen LogP contribution in [0.4, 0.5) is 10.1 Å². The summed E-state index contributed by atoms with van der Waals surface area (Å²) in [6.45, 7) is 6.56. The highest BCUT2D eigenvalue weighted by atomic mass is 35.5. The van der Waals surface area contributed by atoms with Crippen LogP contribution in [0.25, 0.3) is 0 Å². The zero-order chi connectivity index (χ0) is 15.5. The fraction of sp³-hybridized carbons (Fsp3) is 0.438. The first kappa shape index (κ1) is 15.3. The van der Waals surface area contributed by atoms with Gasteiger partial charge in [0, 0.05) is 38.4 Å². The third-order valence-corrected chi connectivity index (χ3v) is 4.60. The number of aromatic nitrogens is 2. The minimum absolute atomic E-state index is 0.191. The van der Waals surface area contributed by atoms with Gasteiger partial charge >= 0.3 is 0 Å². The fourth-order valence-electron chi connectivity index (χ4n) is 2.82. The molecule has 0 spiro atoms. The van der Waals surface area contributed by atoms with E-state index in [4.69, 9.17) is 11.6 Å². The molecule has 0 amide bonds. The van der Waals surface area contributed by atoms with Crippen molar-refractivity contribution in [3.63, 3.8) is 0 Å². The molecule has 3 rings (SSSR count). The Morgan fingerprint density at radius 3 is 2.64 bits per heavy atom. The zero-order valence-corrected chi connectivity index (χ0v) is 13.4. The first-order chi connectivity index (χ1) is 10.6. The Balaban J connectivity index is 1.62. The Hall–Kier alpha value is -1.59. The summed E-state index contributed by atoms with van der Waals surface area (Å²) in [5, 5.41) is 7.94. The number of hydrogen-bond acceptors (Lipinski definition) is 3. The number of rotatable bonds is 3. The number of aryl methyl sites for hydroxylation is 1. The van der Waals surface area contributed by atoms with Crippen LogP contribution in [0.2, 0.25) is 5.02 Å². The summed E-state index contributed by atoms with van der Waals surface area (Å²) in [6, 6.07) is 6.73. The highest BCUT2D eigenvalue weighted by molar-refractivity contribution is 6.31. The number of benzene rings is 1. The first-order valence-corrected chi connectivity index (χ1v) is 7.93. The van der Waals surface area contributed by atoms with Gasteiger partial charge in [0.05, 0.1) is 16.4 Å². The summed E-state index contributed by atoms with van der Waals surface area (Å²) >= 11 is 6.24. The molecule has 1 aliphatic rings. The number of anilines is 1. The summed E-state index contributed by atoms with van der Waals surface area (Å²) in [5.41, 5.74) is 2.91. The molecule has 1 aliphatic heterocycles. The normalized spacial score (nSPS) is 16.8. The summed E-state index contributed by atoms with van der Waals surface area (Å²) in [4.78, 5) is 4.67. The van der Waals surface area contributed by atoms with E-state index in [2.05, 4.69) is 20.0 Å². The molecule has 0 unspecified atom stereocenters. The van der Waals surface area contributed by atoms with Gasteiger partial charge in [0.15, 0.2) is 0 Å². The van der Waals surface area contributed by atoms with Crippen LogP contribution in [0.1, 0.15) is 17.8 Å². The molecular formula is C16H20ClFN4. The number of hydrogen-bond donors (Lipinski definition) is 1. The van der Waals surface area contributed by atoms with Crippen LogP contribution in [-0.2, 0) is 6.54 Å². The number of halogens is 2. The molecule has 0 atom stereocenters. The standard InChI is InChI=1S/C16H20ClFN4/c1-12-16(17)15(20-19-12)11-21-7-2-8-22(10-9-21)14-5-3-13(18)4-6-14/h3-6H,2,7-11H2,1H3,(H,19,20). The lowest BCUT2D eigenvalue weighted by atomic mass is 10.2. The molecule has 1 aromatic carbocycles. The SMILES string of the molecule is Cc1[nH]nc(CN2CCCN(c3ccc(F)cc3)CC2)c1Cl. The summed E-state index contributed by atoms with van der Waals surface area (Å²) in [5.74, 6) is -0.191. The van der Waals surface area contributed by atoms with Gasteiger partial charge in [-0.25, -0.2) is 4.39 Å². The molecular weight excluding hydrogens is 303 g/mol. The van der Waals surface area contributed by atoms with Gasteiger partial charge in [0.2, 0.25) is 0 Å². The van der Waals surface area contributed by atoms with E-state index in [0.29, 0.717) is 0 Å². The molecule has 1 N–H and O–H groups in total. The van der Waals surface area contributed by atoms with Gasteiger partial charge in [0.25, 0.3) is 0 Å². The van der Waals surface area contributed by atoms with Crippen LogP contribution < -0.4 is 4.90 Å². The van der Waals surface area contributed by atoms with Crippen molar-refractivity contribution in [1.82, 2.24) is 15.1 Å². The minimum Gasteiger partial charge on any atom is -0.370 e. The topological polar surface area (TPSA) is 35.2 Å². The average Bonchev–Trinajstić information content (AvgIpc) is 2.72. The van der Waals surface area contributed by atoms with E-state index in [1.807, 2.05) is 19.1 Å². The predicted octanol–water partition coefficient (Wildman–Crippen LogP) is 3.22. The van der Waals surface area contributed by atoms with Crippen molar-refractivity contribution in [3.05, 3.63) is 46.5 Å². The molecule has 1 aromatic heterocycles. The second-order valence-electron chi connectivity index (χ2n) is 5.70. The maximum absolute atomic E-state index is 13.0. The van der Waals surface area contributed by atoms with Crippen LogP contribution in [0.5, 0.6) is 0 Å². The van der Waals surface area contributed by atoms with E-state index >= 15 is 0 Å². The van der Waals surface area contributed by atoms with Gasteiger partial charge in [-0.15, -0.1) is 0 Å². The van der Waals surface area contributed by atoms with E-state index in [-0.39, 0.29) is 5.82 Å². The molecule has 6 heteroatoms. The smallest absolute Gasteiger partial charge is 0.123 e. The van der Waals surface area contributed by atoms with Crippen LogP contribution in [-0.4, -0.2) is 41.3 Å². The minimum atomic E-state index is -0.191. The second kappa shape index (κ2) is 6.67. The lowest BCUT2D eigenvalue weighted by molar-refractivity contribution is 0.282. The Morgan fingerprint density at radius 2 is 1.95 bits per heavy atom. The van der Waals surface area contributed by atoms with Gasteiger partial charge in [-0.05, 0) is 37.6 Å². The Bertz CT molecular complexity index is 626. The van der Waals surface area contributed by atoms with Gasteiger partial charge in [-0.2, -0.15) is 5.10 Å². The van der Waals surface area contributed by atoms with Gasteiger partial charge in [-0.1, -0.05) is 11.6 Å². The molecule has 0 saturated carbocycles. The van der Waals surface area contributed by atoms with E-state index < -0.39 is 0 Å². The number of nitrogens with zero attached hydrogens (tertiary/aromatic N) is 3. The Morgan fingerprint density at radius 1 is 1.18 bits per heavy atom. The lowest BCUT2D eigenvalue weighted by Gasteiger charge is -2.23. The molecule has 22 heavy (non-hydrogen) atoms. The van der Waals surface area contributed by atoms with Crippen LogP contribution in [0.15, 0.2) is 24.3 Å². The molecule has 4 nitrogen and oxygen atoms in total. The molecule has 2 aromatic rings. The second-order valence-corrected chi connectivity index (χ2v) is 6.08. The van der Waals surface area contributed by atoms with Crippen molar-refractivity contribution in [2.24, 2.45) is 0 Å². The van der Waals surface area contributed by atoms with E-state index in [9.17, 15) is 4.39 Å². The zero-order valence-electron chi connectivity index (χ0n) is 12.6. The van der Waals surface area contributed by atoms with Crippen LogP contribution in [0, 0.1) is 12.7 Å². The van der Waals surface area contributed by atoms with E-state index in [0.717, 1.165) is 61.2 Å². The van der Waals surface area contributed by atoms with Crippen molar-refractivity contribution in [2.75, 3.05) is 31.1 Å².